The summed E-state index contributed by atoms with van der Waals surface area (Å²) < 4.78 is 24.9. The minimum Gasteiger partial charge on any atom is -0.488 e. The zero-order valence-electron chi connectivity index (χ0n) is 34.2. The molecule has 8 rings (SSSR count). The first-order chi connectivity index (χ1) is 28.1. The molecule has 0 saturated carbocycles. The van der Waals surface area contributed by atoms with Gasteiger partial charge < -0.3 is 28.8 Å². The molecule has 1 amide bonds. The molecule has 14 nitrogen and oxygen atoms in total. The van der Waals surface area contributed by atoms with E-state index in [4.69, 9.17) is 18.6 Å². The van der Waals surface area contributed by atoms with Gasteiger partial charge in [0.15, 0.2) is 5.60 Å². The standard InChI is InChI=1S/C45H49N5O9/c1-27-9-7-10-34(17-30-12-15-36(56-26-30)41-42(54)45(59-43(41)55)23-29(3)28(2)22-44(45,4)21-27)57-39(52)11-8-16-50-25-32(47-48-50)24-46-38(51)18-31-19-40(53)58-37-20-33(49(5)6)13-14-35(31)37/h7,9,12-15,17,19-22,25,29,34H,8,10-11,16,18,23-24,26H2,1-6H3,(H,46,51)/b9-7?,27-21?,30-17?,41-36-/t29-,34+,44-,45+/m0/s1. The van der Waals surface area contributed by atoms with Crippen LogP contribution in [-0.2, 0) is 52.9 Å². The van der Waals surface area contributed by atoms with Crippen LogP contribution in [0.3, 0.4) is 0 Å². The minimum absolute atomic E-state index is 0.0139. The summed E-state index contributed by atoms with van der Waals surface area (Å²) >= 11 is 0. The number of fused-ring (bicyclic) bond motifs is 6. The third-order valence-corrected chi connectivity index (χ3v) is 11.4. The largest absolute Gasteiger partial charge is 0.488 e. The highest BCUT2D eigenvalue weighted by Gasteiger charge is 2.64. The van der Waals surface area contributed by atoms with Gasteiger partial charge in [0, 0.05) is 63.1 Å². The summed E-state index contributed by atoms with van der Waals surface area (Å²) in [4.78, 5) is 67.6. The SMILES string of the molecule is CC1=C[C@@]2(C)C=C(C)[C@@H](C)C[C@]23OC(=O)/C(=C2/C=CC(=C[C@H](OC(=O)CCCn4cc(CNC(=O)Cc5cc(=O)oc6cc(N(C)C)ccc56)nn4)CC=C1)CO2)C3=O. The van der Waals surface area contributed by atoms with Crippen molar-refractivity contribution in [2.24, 2.45) is 11.3 Å². The van der Waals surface area contributed by atoms with Gasteiger partial charge in [0.05, 0.1) is 24.6 Å². The van der Waals surface area contributed by atoms with Crippen LogP contribution in [0.2, 0.25) is 0 Å². The zero-order chi connectivity index (χ0) is 42.1. The molecule has 308 valence electrons. The van der Waals surface area contributed by atoms with Gasteiger partial charge in [-0.1, -0.05) is 53.7 Å². The van der Waals surface area contributed by atoms with Gasteiger partial charge in [0.2, 0.25) is 11.7 Å². The van der Waals surface area contributed by atoms with Crippen LogP contribution in [0.1, 0.15) is 64.6 Å². The van der Waals surface area contributed by atoms with Gasteiger partial charge in [-0.2, -0.15) is 0 Å². The number of amides is 1. The predicted octanol–water partition coefficient (Wildman–Crippen LogP) is 5.53. The number of hydrogen-bond acceptors (Lipinski definition) is 12. The summed E-state index contributed by atoms with van der Waals surface area (Å²) in [5.41, 5.74) is 2.18. The van der Waals surface area contributed by atoms with Crippen molar-refractivity contribution in [1.29, 1.82) is 0 Å². The fraction of sp³-hybridized carbons (Fsp3) is 0.400. The van der Waals surface area contributed by atoms with Crippen LogP contribution in [-0.4, -0.2) is 71.0 Å². The lowest BCUT2D eigenvalue weighted by Gasteiger charge is -2.45. The summed E-state index contributed by atoms with van der Waals surface area (Å²) in [7, 11) is 3.78. The van der Waals surface area contributed by atoms with Gasteiger partial charge in [-0.25, -0.2) is 9.59 Å². The second kappa shape index (κ2) is 16.5. The maximum Gasteiger partial charge on any atom is 0.346 e. The van der Waals surface area contributed by atoms with Crippen LogP contribution in [0, 0.1) is 11.3 Å². The highest BCUT2D eigenvalue weighted by molar-refractivity contribution is 6.26. The molecule has 59 heavy (non-hydrogen) atoms. The van der Waals surface area contributed by atoms with E-state index in [9.17, 15) is 24.0 Å². The molecule has 4 atom stereocenters. The molecular weight excluding hydrogens is 755 g/mol. The fourth-order valence-electron chi connectivity index (χ4n) is 8.16. The summed E-state index contributed by atoms with van der Waals surface area (Å²) in [5.74, 6) is -1.53. The molecule has 5 aliphatic rings. The van der Waals surface area contributed by atoms with E-state index in [2.05, 4.69) is 15.6 Å². The molecular formula is C45H49N5O9. The van der Waals surface area contributed by atoms with E-state index in [-0.39, 0.29) is 60.9 Å². The van der Waals surface area contributed by atoms with Crippen LogP contribution < -0.4 is 15.8 Å². The van der Waals surface area contributed by atoms with E-state index in [1.807, 2.05) is 89.2 Å². The Morgan fingerprint density at radius 2 is 1.90 bits per heavy atom. The molecule has 1 saturated heterocycles. The number of nitrogens with zero attached hydrogens (tertiary/aromatic N) is 4. The van der Waals surface area contributed by atoms with Crippen LogP contribution >= 0.6 is 0 Å². The maximum atomic E-state index is 14.2. The number of carbonyl (C=O) groups is 4. The van der Waals surface area contributed by atoms with Gasteiger partial charge in [-0.05, 0) is 68.5 Å². The van der Waals surface area contributed by atoms with E-state index >= 15 is 0 Å². The van der Waals surface area contributed by atoms with E-state index in [0.717, 1.165) is 22.4 Å². The number of benzene rings is 1. The van der Waals surface area contributed by atoms with Crippen molar-refractivity contribution >= 4 is 40.3 Å². The molecule has 5 heterocycles. The molecule has 14 heteroatoms. The lowest BCUT2D eigenvalue weighted by Crippen LogP contribution is -2.53. The predicted molar refractivity (Wildman–Crippen MR) is 219 cm³/mol. The Bertz CT molecular complexity index is 2460. The van der Waals surface area contributed by atoms with E-state index in [0.29, 0.717) is 48.0 Å². The molecule has 3 aromatic rings. The summed E-state index contributed by atoms with van der Waals surface area (Å²) in [6, 6.07) is 6.83. The number of allylic oxidation sites excluding steroid dienone is 4. The molecule has 0 radical (unpaired) electrons. The second-order valence-electron chi connectivity index (χ2n) is 16.2. The molecule has 1 fully saturated rings. The van der Waals surface area contributed by atoms with Crippen molar-refractivity contribution in [2.75, 3.05) is 25.6 Å². The van der Waals surface area contributed by atoms with Crippen LogP contribution in [0.25, 0.3) is 11.0 Å². The van der Waals surface area contributed by atoms with Gasteiger partial charge in [-0.3, -0.25) is 19.1 Å². The lowest BCUT2D eigenvalue weighted by molar-refractivity contribution is -0.162. The highest BCUT2D eigenvalue weighted by atomic mass is 16.6. The number of aromatic nitrogens is 3. The van der Waals surface area contributed by atoms with Crippen LogP contribution in [0.5, 0.6) is 0 Å². The topological polar surface area (TPSA) is 172 Å². The van der Waals surface area contributed by atoms with Gasteiger partial charge in [-0.15, -0.1) is 5.10 Å². The normalized spacial score (nSPS) is 25.2. The Kier molecular flexibility index (Phi) is 11.4. The van der Waals surface area contributed by atoms with Crippen molar-refractivity contribution in [3.63, 3.8) is 0 Å². The quantitative estimate of drug-likeness (QED) is 0.118. The molecule has 0 unspecified atom stereocenters. The van der Waals surface area contributed by atoms with Crippen molar-refractivity contribution in [3.05, 3.63) is 123 Å². The first kappa shape index (κ1) is 40.9. The summed E-state index contributed by atoms with van der Waals surface area (Å²) in [6.45, 7) is 8.53. The monoisotopic (exact) mass is 803 g/mol. The number of nitrogens with one attached hydrogen (secondary N) is 1. The van der Waals surface area contributed by atoms with Crippen molar-refractivity contribution in [1.82, 2.24) is 20.3 Å². The number of ether oxygens (including phenoxy) is 3. The number of hydrogen-bond donors (Lipinski definition) is 1. The molecule has 4 bridgehead atoms. The molecule has 2 aromatic heterocycles. The highest BCUT2D eigenvalue weighted by Crippen LogP contribution is 2.53. The Labute approximate surface area is 341 Å². The lowest BCUT2D eigenvalue weighted by atomic mass is 9.61. The van der Waals surface area contributed by atoms with E-state index in [1.165, 1.54) is 6.07 Å². The average molecular weight is 804 g/mol. The molecule has 1 spiro atoms. The number of anilines is 1. The number of esters is 2. The second-order valence-corrected chi connectivity index (χ2v) is 16.2. The summed E-state index contributed by atoms with van der Waals surface area (Å²) in [6.07, 6.45) is 15.5. The Balaban J connectivity index is 0.962. The number of rotatable bonds is 10. The summed E-state index contributed by atoms with van der Waals surface area (Å²) in [5, 5.41) is 11.8. The van der Waals surface area contributed by atoms with Gasteiger partial charge in [0.1, 0.15) is 35.3 Å². The van der Waals surface area contributed by atoms with Crippen LogP contribution in [0.4, 0.5) is 5.69 Å². The van der Waals surface area contributed by atoms with Gasteiger partial charge in [0.25, 0.3) is 0 Å². The third kappa shape index (κ3) is 8.62. The van der Waals surface area contributed by atoms with Crippen molar-refractivity contribution in [3.8, 4) is 0 Å². The minimum atomic E-state index is -1.40. The number of aryl methyl sites for hydroxylation is 1. The fourth-order valence-corrected chi connectivity index (χ4v) is 8.16. The van der Waals surface area contributed by atoms with Gasteiger partial charge >= 0.3 is 17.6 Å². The Morgan fingerprint density at radius 3 is 2.66 bits per heavy atom. The smallest absolute Gasteiger partial charge is 0.346 e. The van der Waals surface area contributed by atoms with Crippen molar-refractivity contribution in [2.45, 2.75) is 84.6 Å². The maximum absolute atomic E-state index is 14.2. The molecule has 1 aromatic carbocycles. The van der Waals surface area contributed by atoms with E-state index < -0.39 is 28.7 Å². The first-order valence-electron chi connectivity index (χ1n) is 19.8. The zero-order valence-corrected chi connectivity index (χ0v) is 34.2. The average Bonchev–Trinajstić information content (AvgIpc) is 3.73. The molecule has 3 aliphatic heterocycles. The molecule has 1 N–H and O–H groups in total. The Morgan fingerprint density at radius 1 is 1.08 bits per heavy atom. The number of carbonyl (C=O) groups excluding carboxylic acids is 4. The van der Waals surface area contributed by atoms with Crippen molar-refractivity contribution < 1.29 is 37.8 Å². The number of ketones is 1. The number of Topliss-reactive ketones (excluding diaryl/α,β-unsaturated/α-hetero) is 1. The first-order valence-corrected chi connectivity index (χ1v) is 19.8. The third-order valence-electron chi connectivity index (χ3n) is 11.4. The van der Waals surface area contributed by atoms with E-state index in [1.54, 1.807) is 29.1 Å². The Hall–Kier alpha value is -6.31. The molecule has 2 aliphatic carbocycles. The van der Waals surface area contributed by atoms with Crippen LogP contribution in [0.15, 0.2) is 110 Å².